The number of aromatic nitrogens is 2. The molecule has 2 N–H and O–H groups in total. The zero-order valence-electron chi connectivity index (χ0n) is 8.07. The topological polar surface area (TPSA) is 87.2 Å². The second-order valence-electron chi connectivity index (χ2n) is 2.68. The van der Waals surface area contributed by atoms with Crippen molar-refractivity contribution in [1.82, 2.24) is 9.78 Å². The summed E-state index contributed by atoms with van der Waals surface area (Å²) in [5, 5.41) is 3.71. The number of hydrogen-bond donors (Lipinski definition) is 1. The SMILES string of the molecule is CCOC(=O)Cn1ncc(N)c(Br)c1=O. The van der Waals surface area contributed by atoms with E-state index in [1.165, 1.54) is 6.20 Å². The highest BCUT2D eigenvalue weighted by Gasteiger charge is 2.10. The molecule has 0 aliphatic carbocycles. The smallest absolute Gasteiger partial charge is 0.327 e. The number of halogens is 1. The van der Waals surface area contributed by atoms with Gasteiger partial charge in [-0.25, -0.2) is 4.68 Å². The molecular formula is C8H10BrN3O3. The fraction of sp³-hybridized carbons (Fsp3) is 0.375. The highest BCUT2D eigenvalue weighted by atomic mass is 79.9. The van der Waals surface area contributed by atoms with Crippen molar-refractivity contribution in [3.8, 4) is 0 Å². The Morgan fingerprint density at radius 1 is 1.73 bits per heavy atom. The first kappa shape index (κ1) is 11.7. The summed E-state index contributed by atoms with van der Waals surface area (Å²) in [6, 6.07) is 0. The average molecular weight is 276 g/mol. The van der Waals surface area contributed by atoms with Crippen molar-refractivity contribution in [2.75, 3.05) is 12.3 Å². The summed E-state index contributed by atoms with van der Waals surface area (Å²) in [6.07, 6.45) is 1.30. The first-order chi connectivity index (χ1) is 7.06. The monoisotopic (exact) mass is 275 g/mol. The lowest BCUT2D eigenvalue weighted by molar-refractivity contribution is -0.144. The molecule has 0 amide bonds. The summed E-state index contributed by atoms with van der Waals surface area (Å²) in [4.78, 5) is 22.6. The molecule has 0 unspecified atom stereocenters. The van der Waals surface area contributed by atoms with Crippen LogP contribution in [0, 0.1) is 0 Å². The second kappa shape index (κ2) is 4.92. The van der Waals surface area contributed by atoms with E-state index < -0.39 is 11.5 Å². The largest absolute Gasteiger partial charge is 0.465 e. The Hall–Kier alpha value is -1.37. The van der Waals surface area contributed by atoms with Crippen molar-refractivity contribution in [2.24, 2.45) is 0 Å². The van der Waals surface area contributed by atoms with Crippen LogP contribution in [-0.4, -0.2) is 22.4 Å². The summed E-state index contributed by atoms with van der Waals surface area (Å²) in [5.74, 6) is -0.510. The molecule has 1 rings (SSSR count). The lowest BCUT2D eigenvalue weighted by Gasteiger charge is -2.05. The van der Waals surface area contributed by atoms with Gasteiger partial charge in [-0.1, -0.05) is 0 Å². The molecular weight excluding hydrogens is 266 g/mol. The molecule has 0 atom stereocenters. The van der Waals surface area contributed by atoms with E-state index in [2.05, 4.69) is 25.8 Å². The molecule has 0 aliphatic heterocycles. The highest BCUT2D eigenvalue weighted by Crippen LogP contribution is 2.10. The van der Waals surface area contributed by atoms with E-state index in [-0.39, 0.29) is 23.3 Å². The number of carbonyl (C=O) groups is 1. The zero-order valence-corrected chi connectivity index (χ0v) is 9.65. The molecule has 0 saturated carbocycles. The molecule has 1 aromatic rings. The number of rotatable bonds is 3. The maximum absolute atomic E-state index is 11.5. The number of nitrogens with zero attached hydrogens (tertiary/aromatic N) is 2. The molecule has 0 aromatic carbocycles. The van der Waals surface area contributed by atoms with Crippen LogP contribution in [0.2, 0.25) is 0 Å². The van der Waals surface area contributed by atoms with Crippen LogP contribution in [0.1, 0.15) is 6.92 Å². The third kappa shape index (κ3) is 2.79. The van der Waals surface area contributed by atoms with Crippen LogP contribution >= 0.6 is 15.9 Å². The van der Waals surface area contributed by atoms with Gasteiger partial charge in [-0.3, -0.25) is 9.59 Å². The summed E-state index contributed by atoms with van der Waals surface area (Å²) >= 11 is 3.01. The number of ether oxygens (including phenoxy) is 1. The summed E-state index contributed by atoms with van der Waals surface area (Å²) < 4.78 is 5.87. The van der Waals surface area contributed by atoms with Crippen molar-refractivity contribution in [2.45, 2.75) is 13.5 Å². The van der Waals surface area contributed by atoms with Crippen molar-refractivity contribution in [3.63, 3.8) is 0 Å². The minimum absolute atomic E-state index is 0.196. The fourth-order valence-corrected chi connectivity index (χ4v) is 1.23. The molecule has 1 aromatic heterocycles. The Labute approximate surface area is 94.2 Å². The molecule has 1 heterocycles. The van der Waals surface area contributed by atoms with Crippen molar-refractivity contribution in [3.05, 3.63) is 21.0 Å². The quantitative estimate of drug-likeness (QED) is 0.794. The lowest BCUT2D eigenvalue weighted by atomic mass is 10.5. The van der Waals surface area contributed by atoms with Gasteiger partial charge in [0.25, 0.3) is 5.56 Å². The molecule has 0 fully saturated rings. The van der Waals surface area contributed by atoms with Gasteiger partial charge in [0.15, 0.2) is 0 Å². The Morgan fingerprint density at radius 3 is 3.00 bits per heavy atom. The Morgan fingerprint density at radius 2 is 2.40 bits per heavy atom. The van der Waals surface area contributed by atoms with E-state index in [4.69, 9.17) is 5.73 Å². The average Bonchev–Trinajstić information content (AvgIpc) is 2.20. The van der Waals surface area contributed by atoms with Gasteiger partial charge in [0, 0.05) is 0 Å². The maximum Gasteiger partial charge on any atom is 0.327 e. The van der Waals surface area contributed by atoms with Crippen LogP contribution in [0.5, 0.6) is 0 Å². The number of nitrogens with two attached hydrogens (primary N) is 1. The first-order valence-electron chi connectivity index (χ1n) is 4.23. The Kier molecular flexibility index (Phi) is 3.84. The van der Waals surface area contributed by atoms with Crippen LogP contribution in [-0.2, 0) is 16.1 Å². The van der Waals surface area contributed by atoms with Gasteiger partial charge in [0.1, 0.15) is 11.0 Å². The summed E-state index contributed by atoms with van der Waals surface area (Å²) in [7, 11) is 0. The van der Waals surface area contributed by atoms with E-state index >= 15 is 0 Å². The van der Waals surface area contributed by atoms with Gasteiger partial charge in [-0.05, 0) is 22.9 Å². The Balaban J connectivity index is 2.92. The van der Waals surface area contributed by atoms with E-state index in [1.54, 1.807) is 6.92 Å². The summed E-state index contributed by atoms with van der Waals surface area (Å²) in [5.41, 5.74) is 5.22. The van der Waals surface area contributed by atoms with Crippen LogP contribution in [0.4, 0.5) is 5.69 Å². The van der Waals surface area contributed by atoms with Gasteiger partial charge in [-0.15, -0.1) is 0 Å². The Bertz CT molecular complexity index is 430. The number of nitrogen functional groups attached to an aromatic ring is 1. The molecule has 15 heavy (non-hydrogen) atoms. The van der Waals surface area contributed by atoms with Crippen molar-refractivity contribution < 1.29 is 9.53 Å². The molecule has 0 bridgehead atoms. The molecule has 82 valence electrons. The van der Waals surface area contributed by atoms with E-state index in [0.29, 0.717) is 0 Å². The van der Waals surface area contributed by atoms with E-state index in [1.807, 2.05) is 0 Å². The van der Waals surface area contributed by atoms with E-state index in [9.17, 15) is 9.59 Å². The number of hydrogen-bond acceptors (Lipinski definition) is 5. The molecule has 0 saturated heterocycles. The molecule has 6 nitrogen and oxygen atoms in total. The van der Waals surface area contributed by atoms with E-state index in [0.717, 1.165) is 4.68 Å². The van der Waals surface area contributed by atoms with Crippen molar-refractivity contribution >= 4 is 27.6 Å². The van der Waals surface area contributed by atoms with Crippen LogP contribution in [0.3, 0.4) is 0 Å². The molecule has 7 heteroatoms. The standard InChI is InChI=1S/C8H10BrN3O3/c1-2-15-6(13)4-12-8(14)7(9)5(10)3-11-12/h3H,2,4,10H2,1H3. The third-order valence-electron chi connectivity index (χ3n) is 1.60. The predicted octanol–water partition coefficient (Wildman–Crippen LogP) is 0.151. The van der Waals surface area contributed by atoms with Gasteiger partial charge >= 0.3 is 5.97 Å². The fourth-order valence-electron chi connectivity index (χ4n) is 0.919. The zero-order chi connectivity index (χ0) is 11.4. The number of carbonyl (C=O) groups excluding carboxylic acids is 1. The summed E-state index contributed by atoms with van der Waals surface area (Å²) in [6.45, 7) is 1.74. The molecule has 0 radical (unpaired) electrons. The minimum Gasteiger partial charge on any atom is -0.465 e. The van der Waals surface area contributed by atoms with Gasteiger partial charge in [0.2, 0.25) is 0 Å². The maximum atomic E-state index is 11.5. The number of anilines is 1. The van der Waals surface area contributed by atoms with Gasteiger partial charge < -0.3 is 10.5 Å². The lowest BCUT2D eigenvalue weighted by Crippen LogP contribution is -2.28. The molecule has 0 spiro atoms. The van der Waals surface area contributed by atoms with Crippen LogP contribution in [0.25, 0.3) is 0 Å². The minimum atomic E-state index is -0.510. The van der Waals surface area contributed by atoms with Crippen molar-refractivity contribution in [1.29, 1.82) is 0 Å². The molecule has 0 aliphatic rings. The highest BCUT2D eigenvalue weighted by molar-refractivity contribution is 9.10. The van der Waals surface area contributed by atoms with Crippen LogP contribution in [0.15, 0.2) is 15.5 Å². The number of esters is 1. The van der Waals surface area contributed by atoms with Gasteiger partial charge in [0.05, 0.1) is 18.5 Å². The predicted molar refractivity (Wildman–Crippen MR) is 57.2 cm³/mol. The van der Waals surface area contributed by atoms with Crippen LogP contribution < -0.4 is 11.3 Å². The second-order valence-corrected chi connectivity index (χ2v) is 3.47. The first-order valence-corrected chi connectivity index (χ1v) is 5.02. The normalized spacial score (nSPS) is 10.0. The third-order valence-corrected chi connectivity index (χ3v) is 2.39. The van der Waals surface area contributed by atoms with Gasteiger partial charge in [-0.2, -0.15) is 5.10 Å².